The first kappa shape index (κ1) is 19.4. The number of amides is 1. The number of morpholine rings is 1. The normalized spacial score (nSPS) is 17.6. The summed E-state index contributed by atoms with van der Waals surface area (Å²) in [5.41, 5.74) is 0. The van der Waals surface area contributed by atoms with E-state index in [0.29, 0.717) is 26.3 Å². The van der Waals surface area contributed by atoms with Crippen LogP contribution in [0.5, 0.6) is 0 Å². The average Bonchev–Trinajstić information content (AvgIpc) is 2.62. The number of benzene rings is 1. The number of ether oxygens (including phenoxy) is 2. The number of hydrogen-bond acceptors (Lipinski definition) is 6. The largest absolute Gasteiger partial charge is 0.451 e. The van der Waals surface area contributed by atoms with E-state index in [0.717, 1.165) is 0 Å². The number of nitrogens with one attached hydrogen (secondary N) is 1. The molecule has 0 spiro atoms. The molecule has 2 unspecified atom stereocenters. The van der Waals surface area contributed by atoms with Crippen LogP contribution in [0.25, 0.3) is 0 Å². The average molecular weight is 370 g/mol. The molecule has 1 fully saturated rings. The fourth-order valence-electron chi connectivity index (χ4n) is 2.32. The van der Waals surface area contributed by atoms with Gasteiger partial charge in [0.1, 0.15) is 6.04 Å². The Morgan fingerprint density at radius 3 is 2.36 bits per heavy atom. The van der Waals surface area contributed by atoms with Gasteiger partial charge in [-0.05, 0) is 26.0 Å². The summed E-state index contributed by atoms with van der Waals surface area (Å²) < 4.78 is 36.9. The molecule has 1 aliphatic rings. The standard InChI is InChI=1S/C16H22N2O6S/c1-12(17-25(21,22)14-6-4-3-5-7-14)16(20)24-13(2)15(19)18-8-10-23-11-9-18/h3-7,12-13,17H,8-11H2,1-2H3. The summed E-state index contributed by atoms with van der Waals surface area (Å²) >= 11 is 0. The van der Waals surface area contributed by atoms with Crippen molar-refractivity contribution >= 4 is 21.9 Å². The zero-order chi connectivity index (χ0) is 18.4. The zero-order valence-corrected chi connectivity index (χ0v) is 15.0. The first-order valence-corrected chi connectivity index (χ1v) is 9.44. The number of nitrogens with zero attached hydrogens (tertiary/aromatic N) is 1. The van der Waals surface area contributed by atoms with Crippen LogP contribution in [0.3, 0.4) is 0 Å². The lowest BCUT2D eigenvalue weighted by atomic mass is 10.3. The molecule has 25 heavy (non-hydrogen) atoms. The van der Waals surface area contributed by atoms with Gasteiger partial charge in [0.05, 0.1) is 18.1 Å². The minimum atomic E-state index is -3.84. The quantitative estimate of drug-likeness (QED) is 0.715. The third kappa shape index (κ3) is 5.25. The molecule has 138 valence electrons. The summed E-state index contributed by atoms with van der Waals surface area (Å²) in [6.45, 7) is 4.61. The fraction of sp³-hybridized carbons (Fsp3) is 0.500. The van der Waals surface area contributed by atoms with E-state index in [-0.39, 0.29) is 10.8 Å². The maximum atomic E-state index is 12.2. The van der Waals surface area contributed by atoms with Gasteiger partial charge < -0.3 is 14.4 Å². The lowest BCUT2D eigenvalue weighted by Gasteiger charge is -2.29. The molecule has 0 bridgehead atoms. The molecular weight excluding hydrogens is 348 g/mol. The first-order valence-electron chi connectivity index (χ1n) is 7.95. The van der Waals surface area contributed by atoms with Gasteiger partial charge in [-0.3, -0.25) is 9.59 Å². The van der Waals surface area contributed by atoms with E-state index < -0.39 is 28.1 Å². The van der Waals surface area contributed by atoms with E-state index in [2.05, 4.69) is 4.72 Å². The third-order valence-corrected chi connectivity index (χ3v) is 5.26. The van der Waals surface area contributed by atoms with E-state index in [1.807, 2.05) is 0 Å². The topological polar surface area (TPSA) is 102 Å². The van der Waals surface area contributed by atoms with Crippen LogP contribution < -0.4 is 4.72 Å². The Morgan fingerprint density at radius 2 is 1.76 bits per heavy atom. The highest BCUT2D eigenvalue weighted by Gasteiger charge is 2.29. The molecule has 1 aromatic carbocycles. The van der Waals surface area contributed by atoms with Crippen LogP contribution in [-0.2, 0) is 29.1 Å². The van der Waals surface area contributed by atoms with Crippen LogP contribution in [0, 0.1) is 0 Å². The molecule has 8 nitrogen and oxygen atoms in total. The Labute approximate surface area is 147 Å². The lowest BCUT2D eigenvalue weighted by molar-refractivity contribution is -0.161. The van der Waals surface area contributed by atoms with Crippen molar-refractivity contribution in [3.63, 3.8) is 0 Å². The highest BCUT2D eigenvalue weighted by Crippen LogP contribution is 2.09. The molecule has 2 rings (SSSR count). The zero-order valence-electron chi connectivity index (χ0n) is 14.2. The van der Waals surface area contributed by atoms with E-state index in [4.69, 9.17) is 9.47 Å². The van der Waals surface area contributed by atoms with Gasteiger partial charge >= 0.3 is 5.97 Å². The highest BCUT2D eigenvalue weighted by molar-refractivity contribution is 7.89. The van der Waals surface area contributed by atoms with Crippen LogP contribution in [0.4, 0.5) is 0 Å². The van der Waals surface area contributed by atoms with Crippen LogP contribution >= 0.6 is 0 Å². The van der Waals surface area contributed by atoms with Crippen molar-refractivity contribution in [1.29, 1.82) is 0 Å². The second kappa shape index (κ2) is 8.41. The van der Waals surface area contributed by atoms with Gasteiger partial charge in [0.25, 0.3) is 5.91 Å². The van der Waals surface area contributed by atoms with Crippen molar-refractivity contribution in [2.75, 3.05) is 26.3 Å². The van der Waals surface area contributed by atoms with Gasteiger partial charge in [-0.25, -0.2) is 8.42 Å². The molecular formula is C16H22N2O6S. The number of sulfonamides is 1. The lowest BCUT2D eigenvalue weighted by Crippen LogP contribution is -2.47. The molecule has 9 heteroatoms. The second-order valence-electron chi connectivity index (χ2n) is 5.67. The van der Waals surface area contributed by atoms with E-state index in [1.54, 1.807) is 23.1 Å². The summed E-state index contributed by atoms with van der Waals surface area (Å²) in [6, 6.07) is 6.58. The monoisotopic (exact) mass is 370 g/mol. The Balaban J connectivity index is 1.92. The van der Waals surface area contributed by atoms with Gasteiger partial charge in [0.2, 0.25) is 10.0 Å². The third-order valence-electron chi connectivity index (χ3n) is 3.70. The van der Waals surface area contributed by atoms with Gasteiger partial charge in [0, 0.05) is 13.1 Å². The molecule has 0 aliphatic carbocycles. The van der Waals surface area contributed by atoms with Crippen molar-refractivity contribution in [3.05, 3.63) is 30.3 Å². The minimum Gasteiger partial charge on any atom is -0.451 e. The van der Waals surface area contributed by atoms with Crippen LogP contribution in [-0.4, -0.2) is 63.6 Å². The molecule has 0 aromatic heterocycles. The summed E-state index contributed by atoms with van der Waals surface area (Å²) in [5.74, 6) is -1.14. The van der Waals surface area contributed by atoms with E-state index in [1.165, 1.54) is 26.0 Å². The van der Waals surface area contributed by atoms with Gasteiger partial charge in [-0.15, -0.1) is 0 Å². The maximum absolute atomic E-state index is 12.2. The fourth-order valence-corrected chi connectivity index (χ4v) is 3.53. The second-order valence-corrected chi connectivity index (χ2v) is 7.39. The molecule has 1 saturated heterocycles. The van der Waals surface area contributed by atoms with Gasteiger partial charge in [-0.1, -0.05) is 18.2 Å². The summed E-state index contributed by atoms with van der Waals surface area (Å²) in [7, 11) is -3.84. The minimum absolute atomic E-state index is 0.0482. The Kier molecular flexibility index (Phi) is 6.51. The number of hydrogen-bond donors (Lipinski definition) is 1. The molecule has 0 radical (unpaired) electrons. The molecule has 1 heterocycles. The van der Waals surface area contributed by atoms with Crippen molar-refractivity contribution in [2.24, 2.45) is 0 Å². The van der Waals surface area contributed by atoms with Crippen LogP contribution in [0.15, 0.2) is 35.2 Å². The van der Waals surface area contributed by atoms with Gasteiger partial charge in [-0.2, -0.15) is 4.72 Å². The summed E-state index contributed by atoms with van der Waals surface area (Å²) in [4.78, 5) is 25.9. The molecule has 0 saturated carbocycles. The van der Waals surface area contributed by atoms with Crippen molar-refractivity contribution < 1.29 is 27.5 Å². The molecule has 1 N–H and O–H groups in total. The van der Waals surface area contributed by atoms with Crippen molar-refractivity contribution in [3.8, 4) is 0 Å². The smallest absolute Gasteiger partial charge is 0.324 e. The Bertz CT molecular complexity index is 701. The van der Waals surface area contributed by atoms with Crippen molar-refractivity contribution in [2.45, 2.75) is 30.9 Å². The Morgan fingerprint density at radius 1 is 1.16 bits per heavy atom. The highest BCUT2D eigenvalue weighted by atomic mass is 32.2. The molecule has 2 atom stereocenters. The van der Waals surface area contributed by atoms with Crippen LogP contribution in [0.2, 0.25) is 0 Å². The number of esters is 1. The van der Waals surface area contributed by atoms with E-state index >= 15 is 0 Å². The maximum Gasteiger partial charge on any atom is 0.324 e. The predicted octanol–water partition coefficient (Wildman–Crippen LogP) is 0.144. The number of carbonyl (C=O) groups excluding carboxylic acids is 2. The molecule has 1 aliphatic heterocycles. The molecule has 1 amide bonds. The molecule has 1 aromatic rings. The SMILES string of the molecule is CC(NS(=O)(=O)c1ccccc1)C(=O)OC(C)C(=O)N1CCOCC1. The Hall–Kier alpha value is -1.97. The summed E-state index contributed by atoms with van der Waals surface area (Å²) in [5, 5.41) is 0. The predicted molar refractivity (Wildman–Crippen MR) is 89.2 cm³/mol. The van der Waals surface area contributed by atoms with E-state index in [9.17, 15) is 18.0 Å². The van der Waals surface area contributed by atoms with Crippen LogP contribution in [0.1, 0.15) is 13.8 Å². The number of rotatable bonds is 6. The van der Waals surface area contributed by atoms with Crippen molar-refractivity contribution in [1.82, 2.24) is 9.62 Å². The van der Waals surface area contributed by atoms with Gasteiger partial charge in [0.15, 0.2) is 6.10 Å². The summed E-state index contributed by atoms with van der Waals surface area (Å²) in [6.07, 6.45) is -0.991. The number of carbonyl (C=O) groups is 2. The first-order chi connectivity index (χ1) is 11.8.